The van der Waals surface area contributed by atoms with Gasteiger partial charge in [0, 0.05) is 18.5 Å². The molecule has 0 bridgehead atoms. The SMILES string of the molecule is NC(=O)C1(N)CCN(c2ccccc2NC(=O)c2csc(-n3c(=O)[nH]c4ccccc43)n2)CC1. The van der Waals surface area contributed by atoms with E-state index in [9.17, 15) is 14.4 Å². The van der Waals surface area contributed by atoms with Gasteiger partial charge in [0.25, 0.3) is 5.91 Å². The maximum atomic E-state index is 13.0. The van der Waals surface area contributed by atoms with Crippen LogP contribution in [-0.2, 0) is 4.79 Å². The Morgan fingerprint density at radius 1 is 1.09 bits per heavy atom. The summed E-state index contributed by atoms with van der Waals surface area (Å²) in [4.78, 5) is 46.4. The molecule has 4 aromatic rings. The van der Waals surface area contributed by atoms with E-state index in [0.717, 1.165) is 5.69 Å². The normalized spacial score (nSPS) is 15.4. The van der Waals surface area contributed by atoms with Crippen molar-refractivity contribution in [2.24, 2.45) is 11.5 Å². The molecule has 174 valence electrons. The van der Waals surface area contributed by atoms with Crippen molar-refractivity contribution in [3.8, 4) is 5.13 Å². The van der Waals surface area contributed by atoms with Crippen molar-refractivity contribution in [3.63, 3.8) is 0 Å². The Bertz CT molecular complexity index is 1450. The number of benzene rings is 2. The summed E-state index contributed by atoms with van der Waals surface area (Å²) in [6.45, 7) is 1.08. The van der Waals surface area contributed by atoms with E-state index in [1.54, 1.807) is 5.38 Å². The first kappa shape index (κ1) is 21.9. The van der Waals surface area contributed by atoms with Crippen molar-refractivity contribution in [3.05, 3.63) is 70.1 Å². The van der Waals surface area contributed by atoms with Gasteiger partial charge in [-0.2, -0.15) is 0 Å². The number of nitrogens with one attached hydrogen (secondary N) is 2. The highest BCUT2D eigenvalue weighted by atomic mass is 32.1. The van der Waals surface area contributed by atoms with Crippen LogP contribution in [0.25, 0.3) is 16.2 Å². The smallest absolute Gasteiger partial charge is 0.332 e. The van der Waals surface area contributed by atoms with Crippen molar-refractivity contribution in [1.29, 1.82) is 0 Å². The highest BCUT2D eigenvalue weighted by Gasteiger charge is 2.36. The molecule has 0 radical (unpaired) electrons. The fraction of sp³-hybridized carbons (Fsp3) is 0.217. The zero-order valence-corrected chi connectivity index (χ0v) is 19.0. The molecular weight excluding hydrogens is 454 g/mol. The number of carbonyl (C=O) groups excluding carboxylic acids is 2. The van der Waals surface area contributed by atoms with E-state index in [-0.39, 0.29) is 17.3 Å². The molecule has 2 aromatic carbocycles. The molecule has 0 aliphatic carbocycles. The summed E-state index contributed by atoms with van der Waals surface area (Å²) in [6, 6.07) is 14.7. The summed E-state index contributed by atoms with van der Waals surface area (Å²) in [7, 11) is 0. The number of hydrogen-bond donors (Lipinski definition) is 4. The summed E-state index contributed by atoms with van der Waals surface area (Å²) in [5, 5.41) is 4.95. The molecule has 6 N–H and O–H groups in total. The topological polar surface area (TPSA) is 152 Å². The number of para-hydroxylation sites is 4. The standard InChI is InChI=1S/C23H23N7O3S/c24-20(32)23(25)9-11-29(12-10-23)17-7-3-1-5-14(17)26-19(31)16-13-34-22(28-16)30-18-8-4-2-6-15(18)27-21(30)33/h1-8,13H,9-12,25H2,(H2,24,32)(H,26,31)(H,27,33). The predicted molar refractivity (Wildman–Crippen MR) is 132 cm³/mol. The van der Waals surface area contributed by atoms with Crippen LogP contribution >= 0.6 is 11.3 Å². The molecule has 11 heteroatoms. The third-order valence-corrected chi connectivity index (χ3v) is 6.97. The number of nitrogens with zero attached hydrogens (tertiary/aromatic N) is 3. The Hall–Kier alpha value is -3.96. The fourth-order valence-corrected chi connectivity index (χ4v) is 4.96. The Balaban J connectivity index is 1.36. The van der Waals surface area contributed by atoms with Crippen LogP contribution in [0.15, 0.2) is 58.7 Å². The number of anilines is 2. The molecule has 34 heavy (non-hydrogen) atoms. The van der Waals surface area contributed by atoms with Crippen LogP contribution in [0.5, 0.6) is 0 Å². The lowest BCUT2D eigenvalue weighted by Gasteiger charge is -2.38. The molecule has 0 atom stereocenters. The van der Waals surface area contributed by atoms with Gasteiger partial charge >= 0.3 is 5.69 Å². The molecule has 0 spiro atoms. The molecule has 1 fully saturated rings. The van der Waals surface area contributed by atoms with Crippen molar-refractivity contribution in [2.45, 2.75) is 18.4 Å². The van der Waals surface area contributed by atoms with Crippen LogP contribution in [0, 0.1) is 0 Å². The molecule has 1 aliphatic rings. The lowest BCUT2D eigenvalue weighted by Crippen LogP contribution is -2.58. The van der Waals surface area contributed by atoms with Gasteiger partial charge in [-0.25, -0.2) is 14.3 Å². The van der Waals surface area contributed by atoms with E-state index < -0.39 is 11.4 Å². The molecule has 1 saturated heterocycles. The third-order valence-electron chi connectivity index (χ3n) is 6.14. The minimum absolute atomic E-state index is 0.209. The number of primary amides is 1. The number of carbonyl (C=O) groups is 2. The average molecular weight is 478 g/mol. The van der Waals surface area contributed by atoms with E-state index in [2.05, 4.69) is 20.2 Å². The molecule has 2 aromatic heterocycles. The van der Waals surface area contributed by atoms with Gasteiger partial charge in [-0.15, -0.1) is 11.3 Å². The molecule has 1 aliphatic heterocycles. The second-order valence-electron chi connectivity index (χ2n) is 8.28. The van der Waals surface area contributed by atoms with Gasteiger partial charge in [-0.05, 0) is 37.1 Å². The lowest BCUT2D eigenvalue weighted by atomic mass is 9.87. The molecule has 0 saturated carbocycles. The minimum Gasteiger partial charge on any atom is -0.370 e. The number of amides is 2. The fourth-order valence-electron chi connectivity index (χ4n) is 4.15. The summed E-state index contributed by atoms with van der Waals surface area (Å²) in [6.07, 6.45) is 0.860. The van der Waals surface area contributed by atoms with Crippen molar-refractivity contribution < 1.29 is 9.59 Å². The zero-order chi connectivity index (χ0) is 23.9. The largest absolute Gasteiger partial charge is 0.370 e. The molecule has 5 rings (SSSR count). The summed E-state index contributed by atoms with van der Waals surface area (Å²) in [5.74, 6) is -0.882. The first-order valence-electron chi connectivity index (χ1n) is 10.8. The summed E-state index contributed by atoms with van der Waals surface area (Å²) < 4.78 is 1.45. The zero-order valence-electron chi connectivity index (χ0n) is 18.2. The number of aromatic amines is 1. The second kappa shape index (κ2) is 8.43. The van der Waals surface area contributed by atoms with Gasteiger partial charge in [0.05, 0.1) is 27.9 Å². The highest BCUT2D eigenvalue weighted by molar-refractivity contribution is 7.12. The molecule has 2 amide bonds. The number of thiazole rings is 1. The Morgan fingerprint density at radius 2 is 1.79 bits per heavy atom. The number of H-pyrrole nitrogens is 1. The molecule has 0 unspecified atom stereocenters. The monoisotopic (exact) mass is 477 g/mol. The van der Waals surface area contributed by atoms with Crippen LogP contribution in [0.4, 0.5) is 11.4 Å². The quantitative estimate of drug-likeness (QED) is 0.344. The number of fused-ring (bicyclic) bond motifs is 1. The number of imidazole rings is 1. The summed E-state index contributed by atoms with van der Waals surface area (Å²) in [5.41, 5.74) is 13.3. The summed E-state index contributed by atoms with van der Waals surface area (Å²) >= 11 is 1.21. The molecule has 10 nitrogen and oxygen atoms in total. The number of nitrogens with two attached hydrogens (primary N) is 2. The number of aromatic nitrogens is 3. The van der Waals surface area contributed by atoms with E-state index in [1.165, 1.54) is 15.9 Å². The van der Waals surface area contributed by atoms with Crippen molar-refractivity contribution >= 4 is 45.6 Å². The highest BCUT2D eigenvalue weighted by Crippen LogP contribution is 2.31. The minimum atomic E-state index is -1.01. The first-order valence-corrected chi connectivity index (χ1v) is 11.6. The van der Waals surface area contributed by atoms with Gasteiger partial charge in [0.1, 0.15) is 5.69 Å². The van der Waals surface area contributed by atoms with Gasteiger partial charge in [0.15, 0.2) is 5.13 Å². The van der Waals surface area contributed by atoms with Crippen molar-refractivity contribution in [2.75, 3.05) is 23.3 Å². The number of piperidine rings is 1. The molecular formula is C23H23N7O3S. The van der Waals surface area contributed by atoms with E-state index in [0.29, 0.717) is 47.8 Å². The van der Waals surface area contributed by atoms with E-state index in [1.807, 2.05) is 48.5 Å². The van der Waals surface area contributed by atoms with Crippen LogP contribution in [0.1, 0.15) is 23.3 Å². The van der Waals surface area contributed by atoms with Crippen LogP contribution in [-0.4, -0.2) is 45.0 Å². The average Bonchev–Trinajstić information content (AvgIpc) is 3.43. The van der Waals surface area contributed by atoms with E-state index >= 15 is 0 Å². The maximum absolute atomic E-state index is 13.0. The van der Waals surface area contributed by atoms with Gasteiger partial charge in [-0.3, -0.25) is 9.59 Å². The second-order valence-corrected chi connectivity index (χ2v) is 9.11. The Kier molecular flexibility index (Phi) is 5.42. The number of hydrogen-bond acceptors (Lipinski definition) is 7. The number of rotatable bonds is 5. The first-order chi connectivity index (χ1) is 16.4. The van der Waals surface area contributed by atoms with E-state index in [4.69, 9.17) is 11.5 Å². The molecule has 3 heterocycles. The Morgan fingerprint density at radius 3 is 2.56 bits per heavy atom. The van der Waals surface area contributed by atoms with Gasteiger partial charge < -0.3 is 26.7 Å². The van der Waals surface area contributed by atoms with Crippen LogP contribution < -0.4 is 27.4 Å². The predicted octanol–water partition coefficient (Wildman–Crippen LogP) is 1.81. The van der Waals surface area contributed by atoms with Gasteiger partial charge in [-0.1, -0.05) is 24.3 Å². The van der Waals surface area contributed by atoms with Crippen molar-refractivity contribution in [1.82, 2.24) is 14.5 Å². The Labute approximate surface area is 198 Å². The maximum Gasteiger partial charge on any atom is 0.332 e. The van der Waals surface area contributed by atoms with Crippen LogP contribution in [0.3, 0.4) is 0 Å². The van der Waals surface area contributed by atoms with Crippen LogP contribution in [0.2, 0.25) is 0 Å². The van der Waals surface area contributed by atoms with Gasteiger partial charge in [0.2, 0.25) is 5.91 Å². The lowest BCUT2D eigenvalue weighted by molar-refractivity contribution is -0.123. The third kappa shape index (κ3) is 3.84.